The molecule has 48 heavy (non-hydrogen) atoms. The molecule has 1 aliphatic rings. The molecule has 0 amide bonds. The Kier molecular flexibility index (Phi) is 33.5. The maximum Gasteiger partial charge on any atom is 0.308 e. The van der Waals surface area contributed by atoms with Crippen LogP contribution >= 0.6 is 0 Å². The van der Waals surface area contributed by atoms with Crippen molar-refractivity contribution in [3.05, 3.63) is 0 Å². The highest BCUT2D eigenvalue weighted by Crippen LogP contribution is 2.31. The van der Waals surface area contributed by atoms with Gasteiger partial charge >= 0.3 is 11.9 Å². The minimum atomic E-state index is -0.132. The van der Waals surface area contributed by atoms with Gasteiger partial charge in [0.1, 0.15) is 0 Å². The molecule has 1 aliphatic carbocycles. The Bertz CT molecular complexity index is 635. The zero-order valence-corrected chi connectivity index (χ0v) is 32.7. The number of rotatable bonds is 36. The van der Waals surface area contributed by atoms with Crippen molar-refractivity contribution in [1.82, 2.24) is 0 Å². The topological polar surface area (TPSA) is 52.6 Å². The van der Waals surface area contributed by atoms with Crippen molar-refractivity contribution in [3.8, 4) is 0 Å². The van der Waals surface area contributed by atoms with Crippen LogP contribution in [0.5, 0.6) is 0 Å². The van der Waals surface area contributed by atoms with E-state index in [4.69, 9.17) is 9.47 Å². The van der Waals surface area contributed by atoms with E-state index < -0.39 is 0 Å². The molecule has 2 unspecified atom stereocenters. The maximum absolute atomic E-state index is 12.7. The lowest BCUT2D eigenvalue weighted by atomic mass is 9.81. The molecule has 0 aromatic carbocycles. The fourth-order valence-electron chi connectivity index (χ4n) is 7.50. The highest BCUT2D eigenvalue weighted by molar-refractivity contribution is 5.76. The number of hydrogen-bond acceptors (Lipinski definition) is 4. The number of unbranched alkanes of at least 4 members (excludes halogenated alkanes) is 30. The van der Waals surface area contributed by atoms with Gasteiger partial charge in [0.2, 0.25) is 0 Å². The summed E-state index contributed by atoms with van der Waals surface area (Å²) in [4.78, 5) is 25.4. The maximum atomic E-state index is 12.7. The minimum Gasteiger partial charge on any atom is -0.465 e. The van der Waals surface area contributed by atoms with E-state index in [1.165, 1.54) is 180 Å². The summed E-state index contributed by atoms with van der Waals surface area (Å²) in [7, 11) is 0. The van der Waals surface area contributed by atoms with E-state index >= 15 is 0 Å². The summed E-state index contributed by atoms with van der Waals surface area (Å²) in [6.07, 6.45) is 46.2. The first kappa shape index (κ1) is 45.0. The first-order valence-corrected chi connectivity index (χ1v) is 22.0. The van der Waals surface area contributed by atoms with Crippen LogP contribution in [0.4, 0.5) is 0 Å². The lowest BCUT2D eigenvalue weighted by molar-refractivity contribution is -0.155. The SMILES string of the molecule is CCCCCCCCCCCCCCCCCCOC(=O)C1CCCC(C(=O)OCCCCCCCCCCCCCCCCCC)C1. The van der Waals surface area contributed by atoms with Crippen molar-refractivity contribution >= 4 is 11.9 Å². The number of esters is 2. The van der Waals surface area contributed by atoms with Gasteiger partial charge in [-0.15, -0.1) is 0 Å². The largest absolute Gasteiger partial charge is 0.465 e. The Morgan fingerprint density at radius 3 is 0.854 bits per heavy atom. The van der Waals surface area contributed by atoms with Crippen LogP contribution in [0, 0.1) is 11.8 Å². The van der Waals surface area contributed by atoms with Crippen LogP contribution < -0.4 is 0 Å². The molecule has 0 saturated heterocycles. The van der Waals surface area contributed by atoms with Gasteiger partial charge in [-0.2, -0.15) is 0 Å². The Morgan fingerprint density at radius 1 is 0.375 bits per heavy atom. The van der Waals surface area contributed by atoms with Crippen molar-refractivity contribution in [2.24, 2.45) is 11.8 Å². The smallest absolute Gasteiger partial charge is 0.308 e. The zero-order chi connectivity index (χ0) is 34.6. The Labute approximate surface area is 300 Å². The van der Waals surface area contributed by atoms with Crippen LogP contribution in [0.15, 0.2) is 0 Å². The monoisotopic (exact) mass is 677 g/mol. The van der Waals surface area contributed by atoms with Crippen LogP contribution in [0.25, 0.3) is 0 Å². The molecule has 0 N–H and O–H groups in total. The van der Waals surface area contributed by atoms with Gasteiger partial charge in [0, 0.05) is 0 Å². The molecule has 2 atom stereocenters. The van der Waals surface area contributed by atoms with Crippen LogP contribution in [0.1, 0.15) is 245 Å². The molecular weight excluding hydrogens is 592 g/mol. The van der Waals surface area contributed by atoms with Gasteiger partial charge in [-0.25, -0.2) is 0 Å². The van der Waals surface area contributed by atoms with Gasteiger partial charge < -0.3 is 9.47 Å². The normalized spacial score (nSPS) is 16.3. The Morgan fingerprint density at radius 2 is 0.604 bits per heavy atom. The summed E-state index contributed by atoms with van der Waals surface area (Å²) in [6, 6.07) is 0. The van der Waals surface area contributed by atoms with Crippen molar-refractivity contribution in [1.29, 1.82) is 0 Å². The van der Waals surface area contributed by atoms with Crippen LogP contribution in [0.2, 0.25) is 0 Å². The summed E-state index contributed by atoms with van der Waals surface area (Å²) in [5, 5.41) is 0. The predicted octanol–water partition coefficient (Wildman–Crippen LogP) is 14.4. The Hall–Kier alpha value is -1.06. The standard InChI is InChI=1S/C44H84O4/c1-3-5-7-9-11-13-15-17-19-21-23-25-27-29-31-33-38-47-43(45)41-36-35-37-42(40-41)44(46)48-39-34-32-30-28-26-24-22-20-18-16-14-12-10-8-6-4-2/h41-42H,3-40H2,1-2H3. The molecule has 4 nitrogen and oxygen atoms in total. The van der Waals surface area contributed by atoms with E-state index in [2.05, 4.69) is 13.8 Å². The molecule has 284 valence electrons. The van der Waals surface area contributed by atoms with Gasteiger partial charge in [-0.05, 0) is 32.1 Å². The third-order valence-electron chi connectivity index (χ3n) is 10.8. The lowest BCUT2D eigenvalue weighted by Gasteiger charge is -2.26. The predicted molar refractivity (Wildman–Crippen MR) is 206 cm³/mol. The molecule has 0 radical (unpaired) electrons. The van der Waals surface area contributed by atoms with Crippen molar-refractivity contribution in [3.63, 3.8) is 0 Å². The number of carbonyl (C=O) groups excluding carboxylic acids is 2. The summed E-state index contributed by atoms with van der Waals surface area (Å²) in [5.74, 6) is -0.446. The third kappa shape index (κ3) is 28.7. The highest BCUT2D eigenvalue weighted by Gasteiger charge is 2.32. The highest BCUT2D eigenvalue weighted by atomic mass is 16.5. The second kappa shape index (κ2) is 35.8. The van der Waals surface area contributed by atoms with Crippen LogP contribution in [-0.2, 0) is 19.1 Å². The van der Waals surface area contributed by atoms with E-state index in [9.17, 15) is 9.59 Å². The summed E-state index contributed by atoms with van der Waals surface area (Å²) < 4.78 is 11.3. The minimum absolute atomic E-state index is 0.0914. The van der Waals surface area contributed by atoms with Crippen LogP contribution in [0.3, 0.4) is 0 Å². The van der Waals surface area contributed by atoms with Crippen molar-refractivity contribution in [2.75, 3.05) is 13.2 Å². The van der Waals surface area contributed by atoms with Gasteiger partial charge in [0.15, 0.2) is 0 Å². The molecule has 0 aromatic rings. The van der Waals surface area contributed by atoms with E-state index in [0.29, 0.717) is 19.6 Å². The molecule has 4 heteroatoms. The first-order valence-electron chi connectivity index (χ1n) is 22.0. The van der Waals surface area contributed by atoms with Crippen LogP contribution in [-0.4, -0.2) is 25.2 Å². The molecule has 1 saturated carbocycles. The summed E-state index contributed by atoms with van der Waals surface area (Å²) >= 11 is 0. The molecule has 0 spiro atoms. The lowest BCUT2D eigenvalue weighted by Crippen LogP contribution is -2.30. The van der Waals surface area contributed by atoms with Gasteiger partial charge in [-0.1, -0.05) is 213 Å². The second-order valence-corrected chi connectivity index (χ2v) is 15.5. The van der Waals surface area contributed by atoms with E-state index in [1.807, 2.05) is 0 Å². The third-order valence-corrected chi connectivity index (χ3v) is 10.8. The number of carbonyl (C=O) groups is 2. The fourth-order valence-corrected chi connectivity index (χ4v) is 7.50. The quantitative estimate of drug-likeness (QED) is 0.0489. The zero-order valence-electron chi connectivity index (χ0n) is 32.7. The average Bonchev–Trinajstić information content (AvgIpc) is 3.10. The number of ether oxygens (including phenoxy) is 2. The molecule has 1 fully saturated rings. The summed E-state index contributed by atoms with van der Waals surface area (Å²) in [6.45, 7) is 5.63. The average molecular weight is 677 g/mol. The van der Waals surface area contributed by atoms with E-state index in [1.54, 1.807) is 0 Å². The molecule has 0 bridgehead atoms. The molecule has 0 heterocycles. The Balaban J connectivity index is 1.89. The fraction of sp³-hybridized carbons (Fsp3) is 0.955. The van der Waals surface area contributed by atoms with E-state index in [-0.39, 0.29) is 23.8 Å². The van der Waals surface area contributed by atoms with Crippen molar-refractivity contribution < 1.29 is 19.1 Å². The molecular formula is C44H84O4. The van der Waals surface area contributed by atoms with Gasteiger partial charge in [0.05, 0.1) is 25.0 Å². The first-order chi connectivity index (χ1) is 23.7. The molecule has 1 rings (SSSR count). The molecule has 0 aliphatic heterocycles. The second-order valence-electron chi connectivity index (χ2n) is 15.5. The molecule has 0 aromatic heterocycles. The van der Waals surface area contributed by atoms with Gasteiger partial charge in [-0.3, -0.25) is 9.59 Å². The van der Waals surface area contributed by atoms with E-state index in [0.717, 1.165) is 44.9 Å². The van der Waals surface area contributed by atoms with Crippen molar-refractivity contribution in [2.45, 2.75) is 245 Å². The van der Waals surface area contributed by atoms with Gasteiger partial charge in [0.25, 0.3) is 0 Å². The number of hydrogen-bond donors (Lipinski definition) is 0. The summed E-state index contributed by atoms with van der Waals surface area (Å²) in [5.41, 5.74) is 0.